The monoisotopic (exact) mass is 267 g/mol. The highest BCUT2D eigenvalue weighted by molar-refractivity contribution is 5.50. The molecule has 3 N–H and O–H groups in total. The van der Waals surface area contributed by atoms with Crippen LogP contribution in [0.4, 0.5) is 5.82 Å². The van der Waals surface area contributed by atoms with E-state index in [2.05, 4.69) is 19.8 Å². The van der Waals surface area contributed by atoms with Crippen molar-refractivity contribution in [3.05, 3.63) is 16.7 Å². The Labute approximate surface area is 112 Å². The van der Waals surface area contributed by atoms with Crippen molar-refractivity contribution in [3.63, 3.8) is 0 Å². The second-order valence-corrected chi connectivity index (χ2v) is 4.56. The van der Waals surface area contributed by atoms with E-state index in [0.29, 0.717) is 12.4 Å². The lowest BCUT2D eigenvalue weighted by molar-refractivity contribution is 0.302. The van der Waals surface area contributed by atoms with Crippen LogP contribution < -0.4 is 20.9 Å². The molecular formula is C12H21N5O2. The van der Waals surface area contributed by atoms with Crippen LogP contribution in [0.2, 0.25) is 0 Å². The van der Waals surface area contributed by atoms with E-state index in [-0.39, 0.29) is 11.3 Å². The Morgan fingerprint density at radius 3 is 3.00 bits per heavy atom. The second-order valence-electron chi connectivity index (χ2n) is 4.56. The molecule has 0 radical (unpaired) electrons. The lowest BCUT2D eigenvalue weighted by atomic mass is 10.3. The smallest absolute Gasteiger partial charge is 0.295 e. The molecule has 0 saturated carbocycles. The van der Waals surface area contributed by atoms with Gasteiger partial charge in [0.05, 0.1) is 13.4 Å². The Morgan fingerprint density at radius 1 is 1.42 bits per heavy atom. The summed E-state index contributed by atoms with van der Waals surface area (Å²) in [6, 6.07) is 0. The molecule has 0 aliphatic carbocycles. The quantitative estimate of drug-likeness (QED) is 0.746. The Morgan fingerprint density at radius 2 is 2.26 bits per heavy atom. The number of anilines is 1. The molecule has 0 unspecified atom stereocenters. The summed E-state index contributed by atoms with van der Waals surface area (Å²) in [6.07, 6.45) is 2.44. The van der Waals surface area contributed by atoms with E-state index in [1.165, 1.54) is 13.4 Å². The molecule has 1 aromatic heterocycles. The minimum absolute atomic E-state index is 0.240. The minimum atomic E-state index is -0.240. The van der Waals surface area contributed by atoms with Gasteiger partial charge in [0.1, 0.15) is 0 Å². The van der Waals surface area contributed by atoms with Crippen molar-refractivity contribution in [3.8, 4) is 5.75 Å². The van der Waals surface area contributed by atoms with E-state index in [9.17, 15) is 4.79 Å². The molecule has 0 aromatic carbocycles. The van der Waals surface area contributed by atoms with Crippen molar-refractivity contribution in [1.29, 1.82) is 0 Å². The van der Waals surface area contributed by atoms with Crippen molar-refractivity contribution in [1.82, 2.24) is 14.9 Å². The van der Waals surface area contributed by atoms with Gasteiger partial charge in [-0.15, -0.1) is 0 Å². The number of nitrogens with two attached hydrogens (primary N) is 1. The molecule has 1 aliphatic heterocycles. The van der Waals surface area contributed by atoms with Gasteiger partial charge in [-0.05, 0) is 13.0 Å². The number of hydrogen-bond donors (Lipinski definition) is 2. The fourth-order valence-corrected chi connectivity index (χ4v) is 2.38. The summed E-state index contributed by atoms with van der Waals surface area (Å²) in [5.74, 6) is 0.913. The van der Waals surface area contributed by atoms with Gasteiger partial charge in [-0.25, -0.2) is 4.98 Å². The fourth-order valence-electron chi connectivity index (χ4n) is 2.38. The fraction of sp³-hybridized carbons (Fsp3) is 0.667. The number of nitrogens with zero attached hydrogens (tertiary/aromatic N) is 3. The van der Waals surface area contributed by atoms with Gasteiger partial charge in [0.25, 0.3) is 5.56 Å². The predicted octanol–water partition coefficient (Wildman–Crippen LogP) is -0.751. The van der Waals surface area contributed by atoms with Crippen molar-refractivity contribution in [2.75, 3.05) is 51.3 Å². The van der Waals surface area contributed by atoms with E-state index >= 15 is 0 Å². The molecule has 1 saturated heterocycles. The number of rotatable bonds is 4. The summed E-state index contributed by atoms with van der Waals surface area (Å²) in [5, 5.41) is 0. The SMILES string of the molecule is COc1c(N2CCCN(CCN)CC2)nc[nH]c1=O. The summed E-state index contributed by atoms with van der Waals surface area (Å²) in [7, 11) is 1.49. The number of hydrogen-bond acceptors (Lipinski definition) is 6. The molecule has 0 bridgehead atoms. The zero-order valence-corrected chi connectivity index (χ0v) is 11.3. The molecule has 0 atom stereocenters. The first kappa shape index (κ1) is 13.8. The maximum Gasteiger partial charge on any atom is 0.295 e. The van der Waals surface area contributed by atoms with Gasteiger partial charge in [0, 0.05) is 32.7 Å². The van der Waals surface area contributed by atoms with E-state index in [1.54, 1.807) is 0 Å². The van der Waals surface area contributed by atoms with Gasteiger partial charge in [0.15, 0.2) is 5.82 Å². The summed E-state index contributed by atoms with van der Waals surface area (Å²) in [6.45, 7) is 5.23. The largest absolute Gasteiger partial charge is 0.489 e. The van der Waals surface area contributed by atoms with Crippen LogP contribution in [0.5, 0.6) is 5.75 Å². The van der Waals surface area contributed by atoms with E-state index in [0.717, 1.165) is 39.1 Å². The molecule has 1 fully saturated rings. The molecular weight excluding hydrogens is 246 g/mol. The highest BCUT2D eigenvalue weighted by Crippen LogP contribution is 2.21. The van der Waals surface area contributed by atoms with Gasteiger partial charge in [-0.3, -0.25) is 4.79 Å². The number of aromatic amines is 1. The van der Waals surface area contributed by atoms with Crippen LogP contribution in [0.1, 0.15) is 6.42 Å². The molecule has 0 spiro atoms. The van der Waals surface area contributed by atoms with Gasteiger partial charge in [0.2, 0.25) is 5.75 Å². The first-order chi connectivity index (χ1) is 9.26. The van der Waals surface area contributed by atoms with Crippen LogP contribution in [-0.4, -0.2) is 61.2 Å². The number of methoxy groups -OCH3 is 1. The van der Waals surface area contributed by atoms with Gasteiger partial charge < -0.3 is 25.3 Å². The zero-order valence-electron chi connectivity index (χ0n) is 11.3. The Hall–Kier alpha value is -1.60. The van der Waals surface area contributed by atoms with Gasteiger partial charge in [-0.2, -0.15) is 0 Å². The lowest BCUT2D eigenvalue weighted by Crippen LogP contribution is -2.34. The highest BCUT2D eigenvalue weighted by atomic mass is 16.5. The maximum absolute atomic E-state index is 11.7. The summed E-state index contributed by atoms with van der Waals surface area (Å²) >= 11 is 0. The molecule has 7 heteroatoms. The van der Waals surface area contributed by atoms with E-state index in [4.69, 9.17) is 10.5 Å². The molecule has 19 heavy (non-hydrogen) atoms. The van der Waals surface area contributed by atoms with Crippen molar-refractivity contribution < 1.29 is 4.74 Å². The average Bonchev–Trinajstić information content (AvgIpc) is 2.64. The molecule has 2 heterocycles. The summed E-state index contributed by atoms with van der Waals surface area (Å²) < 4.78 is 5.16. The molecule has 1 aliphatic rings. The average molecular weight is 267 g/mol. The molecule has 1 aromatic rings. The number of ether oxygens (including phenoxy) is 1. The highest BCUT2D eigenvalue weighted by Gasteiger charge is 2.20. The van der Waals surface area contributed by atoms with Crippen molar-refractivity contribution in [2.24, 2.45) is 5.73 Å². The van der Waals surface area contributed by atoms with Crippen LogP contribution in [0.3, 0.4) is 0 Å². The van der Waals surface area contributed by atoms with Gasteiger partial charge >= 0.3 is 0 Å². The molecule has 2 rings (SSSR count). The van der Waals surface area contributed by atoms with Crippen LogP contribution in [-0.2, 0) is 0 Å². The van der Waals surface area contributed by atoms with E-state index in [1.807, 2.05) is 0 Å². The first-order valence-corrected chi connectivity index (χ1v) is 6.55. The summed E-state index contributed by atoms with van der Waals surface area (Å²) in [5.41, 5.74) is 5.35. The number of H-pyrrole nitrogens is 1. The third kappa shape index (κ3) is 3.24. The Bertz CT molecular complexity index is 462. The number of nitrogens with one attached hydrogen (secondary N) is 1. The molecule has 106 valence electrons. The van der Waals surface area contributed by atoms with Crippen LogP contribution >= 0.6 is 0 Å². The Balaban J connectivity index is 2.14. The molecule has 7 nitrogen and oxygen atoms in total. The summed E-state index contributed by atoms with van der Waals surface area (Å²) in [4.78, 5) is 22.9. The van der Waals surface area contributed by atoms with Crippen LogP contribution in [0.15, 0.2) is 11.1 Å². The van der Waals surface area contributed by atoms with E-state index < -0.39 is 0 Å². The molecule has 0 amide bonds. The third-order valence-electron chi connectivity index (χ3n) is 3.33. The lowest BCUT2D eigenvalue weighted by Gasteiger charge is -2.23. The van der Waals surface area contributed by atoms with Gasteiger partial charge in [-0.1, -0.05) is 0 Å². The zero-order chi connectivity index (χ0) is 13.7. The maximum atomic E-state index is 11.7. The third-order valence-corrected chi connectivity index (χ3v) is 3.33. The standard InChI is InChI=1S/C12H21N5O2/c1-19-10-11(14-9-15-12(10)18)17-5-2-4-16(6-3-13)7-8-17/h9H,2-8,13H2,1H3,(H,14,15,18). The second kappa shape index (κ2) is 6.53. The predicted molar refractivity (Wildman–Crippen MR) is 73.7 cm³/mol. The number of aromatic nitrogens is 2. The van der Waals surface area contributed by atoms with Crippen LogP contribution in [0.25, 0.3) is 0 Å². The first-order valence-electron chi connectivity index (χ1n) is 6.55. The minimum Gasteiger partial charge on any atom is -0.489 e. The van der Waals surface area contributed by atoms with Crippen LogP contribution in [0, 0.1) is 0 Å². The van der Waals surface area contributed by atoms with Crippen molar-refractivity contribution in [2.45, 2.75) is 6.42 Å². The topological polar surface area (TPSA) is 87.5 Å². The van der Waals surface area contributed by atoms with Crippen molar-refractivity contribution >= 4 is 5.82 Å². The normalized spacial score (nSPS) is 17.3. The Kier molecular flexibility index (Phi) is 4.75.